The van der Waals surface area contributed by atoms with Crippen LogP contribution in [0.4, 0.5) is 45.8 Å². The maximum Gasteiger partial charge on any atom is 0.294 e. The number of para-hydroxylation sites is 5. The van der Waals surface area contributed by atoms with E-state index in [0.717, 1.165) is 62.1 Å². The van der Waals surface area contributed by atoms with E-state index in [2.05, 4.69) is 542 Å². The summed E-state index contributed by atoms with van der Waals surface area (Å²) >= 11 is 0. The van der Waals surface area contributed by atoms with Crippen LogP contribution in [0.2, 0.25) is 0 Å². The molecule has 0 bridgehead atoms. The number of hydrogen-bond acceptors (Lipinski definition) is 12. The molecule has 0 fully saturated rings. The molecule has 149 heavy (non-hydrogen) atoms. The van der Waals surface area contributed by atoms with Gasteiger partial charge < -0.3 is 33.2 Å². The summed E-state index contributed by atoms with van der Waals surface area (Å²) in [5.74, 6) is -0.602. The Bertz CT molecular complexity index is 9540. The molecular formula is C132H79N17. The van der Waals surface area contributed by atoms with E-state index >= 15 is 0 Å². The molecular weight excluding hydrogens is 1820 g/mol. The van der Waals surface area contributed by atoms with Gasteiger partial charge in [0.1, 0.15) is 46.3 Å². The van der Waals surface area contributed by atoms with Crippen LogP contribution in [-0.2, 0) is 0 Å². The van der Waals surface area contributed by atoms with Gasteiger partial charge in [0.15, 0.2) is 22.8 Å². The molecule has 6 aromatic heterocycles. The highest BCUT2D eigenvalue weighted by Gasteiger charge is 2.29. The fraction of sp³-hybridized carbons (Fsp3) is 0. The lowest BCUT2D eigenvalue weighted by molar-refractivity contribution is 1.17. The van der Waals surface area contributed by atoms with Gasteiger partial charge in [-0.25, -0.2) is 19.9 Å². The first kappa shape index (κ1) is 89.9. The molecule has 20 aromatic carbocycles. The summed E-state index contributed by atoms with van der Waals surface area (Å²) in [7, 11) is 0. The Kier molecular flexibility index (Phi) is 23.6. The summed E-state index contributed by atoms with van der Waals surface area (Å²) in [6, 6.07) is 180. The van der Waals surface area contributed by atoms with Crippen molar-refractivity contribution in [2.24, 2.45) is 0 Å². The highest BCUT2D eigenvalue weighted by Crippen LogP contribution is 2.48. The highest BCUT2D eigenvalue weighted by atomic mass is 15.2. The third-order valence-electron chi connectivity index (χ3n) is 27.3. The van der Waals surface area contributed by atoms with E-state index < -0.39 is 0 Å². The van der Waals surface area contributed by atoms with Gasteiger partial charge >= 0.3 is 0 Å². The number of hydrogen-bond donors (Lipinski definition) is 0. The zero-order valence-electron chi connectivity index (χ0n) is 79.7. The maximum atomic E-state index is 9.29. The summed E-state index contributed by atoms with van der Waals surface area (Å²) in [5, 5.41) is 44.7. The number of benzene rings is 20. The van der Waals surface area contributed by atoms with E-state index in [-0.39, 0.29) is 67.5 Å². The van der Waals surface area contributed by atoms with Crippen molar-refractivity contribution in [1.82, 2.24) is 43.6 Å². The van der Waals surface area contributed by atoms with Crippen molar-refractivity contribution in [2.75, 3.05) is 9.80 Å². The van der Waals surface area contributed by atoms with Gasteiger partial charge in [0.2, 0.25) is 11.0 Å². The standard InChI is InChI=1S/C66H48N2.C48H31N3.C18N12/c1-6-16-49(17-7-1)53-26-37-60(38-27-53)67(61-39-28-54(29-40-61)50-18-8-2-9-19-50)62-41-30-56(31-42-62)57-34-45-64(46-35-57)68(63-43-32-55(33-44-63)51-20-10-3-11-21-51)66-47-36-59(52-22-12-4-13-23-52)48-65(66)58-24-14-5-15-25-58;1-3-13-34(14-4-1)49-43-20-10-7-17-37(43)40-29-32(23-26-46(40)49)33-24-27-47-41(30-33)38-18-8-12-22-45(38)51(47)36-25-28-48-42(31-36)39-19-9-11-21-44(39)50(48)35-15-5-2-6-16-35;1-23-17-18(24-2)30-16-14-12(26-8(4-20)10(6-22)28-14)11-13(15(16)29-17)27-9(5-21)7(3-19)25-11/h1-48H;1-31H;. The Morgan fingerprint density at radius 3 is 0.752 bits per heavy atom. The topological polar surface area (TPSA) is 202 Å². The van der Waals surface area contributed by atoms with Gasteiger partial charge in [-0.15, -0.1) is 9.97 Å². The van der Waals surface area contributed by atoms with Crippen LogP contribution in [0.5, 0.6) is 0 Å². The molecule has 0 amide bonds. The van der Waals surface area contributed by atoms with Crippen LogP contribution < -0.4 is 9.80 Å². The lowest BCUT2D eigenvalue weighted by Gasteiger charge is -2.29. The third kappa shape index (κ3) is 16.8. The molecule has 0 saturated heterocycles. The van der Waals surface area contributed by atoms with Crippen molar-refractivity contribution in [3.05, 3.63) is 525 Å². The molecule has 17 heteroatoms. The van der Waals surface area contributed by atoms with Gasteiger partial charge in [-0.05, 0) is 230 Å². The molecule has 6 heterocycles. The first-order valence-corrected chi connectivity index (χ1v) is 48.5. The molecule has 17 nitrogen and oxygen atoms in total. The molecule has 0 aliphatic rings. The van der Waals surface area contributed by atoms with Crippen molar-refractivity contribution in [2.45, 2.75) is 0 Å². The lowest BCUT2D eigenvalue weighted by atomic mass is 9.96. The van der Waals surface area contributed by atoms with Crippen LogP contribution >= 0.6 is 0 Å². The van der Waals surface area contributed by atoms with Crippen LogP contribution in [0, 0.1) is 58.5 Å². The Balaban J connectivity index is 0.000000128. The molecule has 26 rings (SSSR count). The molecule has 0 atom stereocenters. The zero-order chi connectivity index (χ0) is 100. The fourth-order valence-electron chi connectivity index (χ4n) is 20.3. The number of aromatic nitrogens is 9. The quantitative estimate of drug-likeness (QED) is 0.0655. The number of rotatable bonds is 16. The molecule has 0 unspecified atom stereocenters. The normalized spacial score (nSPS) is 11.0. The SMILES string of the molecule is [C-]#[N+]c1nc2c3nc(C#N)c(C#N)nc3c3nc(C#N)c(C#N)nc3c2nc1[N+]#[C-].c1ccc(-c2ccc(N(c3ccc(-c4ccccc4)cc3)c3ccc(-c4ccc(N(c5ccc(-c6ccccc6)cc5)c5ccc(-c6ccccc6)cc5-c5ccccc5)cc4)cc3)cc2)cc1.c1ccc(-n2c3ccccc3c3cc(-c4ccc5c(c4)c4ccccc4n5-c4ccc5c(c4)c4ccccc4n5-c4ccccc4)ccc32)cc1. The smallest absolute Gasteiger partial charge is 0.294 e. The van der Waals surface area contributed by atoms with E-state index in [0.29, 0.717) is 0 Å². The van der Waals surface area contributed by atoms with Gasteiger partial charge in [-0.1, -0.05) is 335 Å². The minimum atomic E-state index is -0.301. The van der Waals surface area contributed by atoms with Gasteiger partial charge in [0, 0.05) is 83.4 Å². The fourth-order valence-corrected chi connectivity index (χ4v) is 20.3. The largest absolute Gasteiger partial charge is 0.370 e. The molecule has 692 valence electrons. The number of fused-ring (bicyclic) bond motifs is 15. The summed E-state index contributed by atoms with van der Waals surface area (Å²) in [6.07, 6.45) is 0. The number of anilines is 6. The number of nitrogens with zero attached hydrogens (tertiary/aromatic N) is 17. The van der Waals surface area contributed by atoms with E-state index in [1.807, 2.05) is 0 Å². The number of nitriles is 4. The van der Waals surface area contributed by atoms with Gasteiger partial charge in [-0.2, -0.15) is 21.0 Å². The summed E-state index contributed by atoms with van der Waals surface area (Å²) in [6.45, 7) is 14.5. The minimum absolute atomic E-state index is 0.00714. The summed E-state index contributed by atoms with van der Waals surface area (Å²) in [5.41, 5.74) is 32.7. The molecule has 0 saturated carbocycles. The first-order valence-electron chi connectivity index (χ1n) is 48.5. The van der Waals surface area contributed by atoms with Gasteiger partial charge in [0.25, 0.3) is 11.6 Å². The van der Waals surface area contributed by atoms with E-state index in [1.54, 1.807) is 24.3 Å². The van der Waals surface area contributed by atoms with Crippen LogP contribution in [0.25, 0.3) is 203 Å². The Morgan fingerprint density at radius 2 is 0.430 bits per heavy atom. The maximum absolute atomic E-state index is 9.29. The van der Waals surface area contributed by atoms with Crippen molar-refractivity contribution in [1.29, 1.82) is 21.0 Å². The lowest BCUT2D eigenvalue weighted by Crippen LogP contribution is -2.11. The minimum Gasteiger partial charge on any atom is -0.370 e. The van der Waals surface area contributed by atoms with Crippen LogP contribution in [0.1, 0.15) is 22.8 Å². The molecule has 0 aliphatic heterocycles. The van der Waals surface area contributed by atoms with Crippen molar-refractivity contribution in [3.8, 4) is 119 Å². The average molecular weight is 1900 g/mol. The van der Waals surface area contributed by atoms with Crippen molar-refractivity contribution < 1.29 is 0 Å². The second-order valence-electron chi connectivity index (χ2n) is 35.8. The Labute approximate surface area is 857 Å². The molecule has 0 spiro atoms. The van der Waals surface area contributed by atoms with Crippen molar-refractivity contribution in [3.63, 3.8) is 0 Å². The summed E-state index contributed by atoms with van der Waals surface area (Å²) < 4.78 is 7.18. The predicted molar refractivity (Wildman–Crippen MR) is 600 cm³/mol. The predicted octanol–water partition coefficient (Wildman–Crippen LogP) is 33.4. The van der Waals surface area contributed by atoms with Crippen LogP contribution in [0.15, 0.2) is 479 Å². The van der Waals surface area contributed by atoms with Crippen LogP contribution in [0.3, 0.4) is 0 Å². The summed E-state index contributed by atoms with van der Waals surface area (Å²) in [4.78, 5) is 35.9. The molecule has 0 N–H and O–H groups in total. The van der Waals surface area contributed by atoms with E-state index in [4.69, 9.17) is 13.1 Å². The average Bonchev–Trinajstić information content (AvgIpc) is 1.71. The Hall–Kier alpha value is -21.6. The monoisotopic (exact) mass is 1900 g/mol. The van der Waals surface area contributed by atoms with Crippen molar-refractivity contribution >= 4 is 144 Å². The second kappa shape index (κ2) is 39.1. The van der Waals surface area contributed by atoms with E-state index in [1.165, 1.54) is 132 Å². The molecule has 26 aromatic rings. The van der Waals surface area contributed by atoms with Gasteiger partial charge in [0.05, 0.1) is 38.8 Å². The molecule has 0 radical (unpaired) electrons. The third-order valence-corrected chi connectivity index (χ3v) is 27.3. The van der Waals surface area contributed by atoms with E-state index in [9.17, 15) is 21.0 Å². The van der Waals surface area contributed by atoms with Crippen LogP contribution in [-0.4, -0.2) is 43.6 Å². The second-order valence-corrected chi connectivity index (χ2v) is 35.8. The first-order chi connectivity index (χ1) is 73.6. The Morgan fingerprint density at radius 1 is 0.195 bits per heavy atom. The van der Waals surface area contributed by atoms with Gasteiger partial charge in [-0.3, -0.25) is 0 Å². The zero-order valence-corrected chi connectivity index (χ0v) is 79.7. The molecule has 0 aliphatic carbocycles. The highest BCUT2D eigenvalue weighted by molar-refractivity contribution is 6.20.